The van der Waals surface area contributed by atoms with Crippen molar-refractivity contribution in [2.75, 3.05) is 20.3 Å². The quantitative estimate of drug-likeness (QED) is 0.479. The second-order valence-corrected chi connectivity index (χ2v) is 7.99. The van der Waals surface area contributed by atoms with E-state index in [0.717, 1.165) is 23.3 Å². The number of benzene rings is 2. The molecule has 6 heteroatoms. The molecular formula is C26H36N2O4. The van der Waals surface area contributed by atoms with Crippen LogP contribution in [-0.4, -0.2) is 49.1 Å². The highest BCUT2D eigenvalue weighted by Gasteiger charge is 2.29. The summed E-state index contributed by atoms with van der Waals surface area (Å²) < 4.78 is 10.8. The van der Waals surface area contributed by atoms with Gasteiger partial charge in [-0.25, -0.2) is 0 Å². The van der Waals surface area contributed by atoms with E-state index >= 15 is 0 Å². The Balaban J connectivity index is 2.19. The van der Waals surface area contributed by atoms with E-state index in [1.54, 1.807) is 12.0 Å². The molecule has 0 radical (unpaired) electrons. The molecule has 0 spiro atoms. The van der Waals surface area contributed by atoms with Crippen LogP contribution in [0.4, 0.5) is 0 Å². The van der Waals surface area contributed by atoms with Crippen LogP contribution in [0.15, 0.2) is 54.6 Å². The molecule has 0 aliphatic carbocycles. The lowest BCUT2D eigenvalue weighted by Gasteiger charge is -2.31. The molecule has 0 aliphatic heterocycles. The summed E-state index contributed by atoms with van der Waals surface area (Å²) in [7, 11) is 1.62. The first-order valence-electron chi connectivity index (χ1n) is 11.3. The molecule has 174 valence electrons. The Labute approximate surface area is 191 Å². The van der Waals surface area contributed by atoms with Gasteiger partial charge in [0, 0.05) is 32.5 Å². The van der Waals surface area contributed by atoms with Crippen LogP contribution >= 0.6 is 0 Å². The van der Waals surface area contributed by atoms with Gasteiger partial charge >= 0.3 is 0 Å². The topological polar surface area (TPSA) is 67.9 Å². The summed E-state index contributed by atoms with van der Waals surface area (Å²) >= 11 is 0. The van der Waals surface area contributed by atoms with Gasteiger partial charge in [-0.3, -0.25) is 9.59 Å². The third-order valence-corrected chi connectivity index (χ3v) is 5.16. The standard InChI is InChI=1S/C26H36N2O4/c1-5-25(29)28(19-22-12-14-23(31-4)15-13-22)24(18-21-10-7-6-8-11-21)26(30)27-16-9-17-32-20(2)3/h6-8,10-15,20,24H,5,9,16-19H2,1-4H3,(H,27,30)/t24-/m1/s1. The van der Waals surface area contributed by atoms with E-state index in [1.807, 2.05) is 75.4 Å². The predicted molar refractivity (Wildman–Crippen MR) is 126 cm³/mol. The van der Waals surface area contributed by atoms with E-state index in [2.05, 4.69) is 5.32 Å². The van der Waals surface area contributed by atoms with Crippen LogP contribution in [0.1, 0.15) is 44.7 Å². The molecule has 2 aromatic rings. The molecular weight excluding hydrogens is 404 g/mol. The number of hydrogen-bond donors (Lipinski definition) is 1. The van der Waals surface area contributed by atoms with Crippen molar-refractivity contribution in [3.8, 4) is 5.75 Å². The molecule has 0 bridgehead atoms. The Hall–Kier alpha value is -2.86. The zero-order valence-corrected chi connectivity index (χ0v) is 19.7. The minimum Gasteiger partial charge on any atom is -0.497 e. The number of amides is 2. The number of methoxy groups -OCH3 is 1. The maximum absolute atomic E-state index is 13.2. The SMILES string of the molecule is CCC(=O)N(Cc1ccc(OC)cc1)[C@H](Cc1ccccc1)C(=O)NCCCOC(C)C. The molecule has 1 N–H and O–H groups in total. The average molecular weight is 441 g/mol. The Kier molecular flexibility index (Phi) is 10.7. The average Bonchev–Trinajstić information content (AvgIpc) is 2.81. The highest BCUT2D eigenvalue weighted by Crippen LogP contribution is 2.18. The molecule has 2 aromatic carbocycles. The van der Waals surface area contributed by atoms with Gasteiger partial charge in [-0.15, -0.1) is 0 Å². The van der Waals surface area contributed by atoms with Crippen molar-refractivity contribution in [1.29, 1.82) is 0 Å². The summed E-state index contributed by atoms with van der Waals surface area (Å²) in [5.41, 5.74) is 1.96. The van der Waals surface area contributed by atoms with Gasteiger partial charge in [0.2, 0.25) is 11.8 Å². The molecule has 0 saturated carbocycles. The molecule has 0 aromatic heterocycles. The maximum Gasteiger partial charge on any atom is 0.243 e. The summed E-state index contributed by atoms with van der Waals surface area (Å²) in [4.78, 5) is 27.8. The molecule has 0 heterocycles. The first-order chi connectivity index (χ1) is 15.4. The van der Waals surface area contributed by atoms with Crippen molar-refractivity contribution in [3.05, 3.63) is 65.7 Å². The minimum atomic E-state index is -0.599. The van der Waals surface area contributed by atoms with Crippen molar-refractivity contribution in [2.45, 2.75) is 58.7 Å². The number of hydrogen-bond acceptors (Lipinski definition) is 4. The van der Waals surface area contributed by atoms with E-state index in [-0.39, 0.29) is 17.9 Å². The number of rotatable bonds is 13. The van der Waals surface area contributed by atoms with Crippen LogP contribution in [0, 0.1) is 0 Å². The van der Waals surface area contributed by atoms with Crippen molar-refractivity contribution in [1.82, 2.24) is 10.2 Å². The Morgan fingerprint density at radius 3 is 2.28 bits per heavy atom. The lowest BCUT2D eigenvalue weighted by molar-refractivity contribution is -0.141. The van der Waals surface area contributed by atoms with Crippen LogP contribution in [0.25, 0.3) is 0 Å². The third kappa shape index (κ3) is 8.35. The number of ether oxygens (including phenoxy) is 2. The fraction of sp³-hybridized carbons (Fsp3) is 0.462. The van der Waals surface area contributed by atoms with E-state index in [0.29, 0.717) is 32.5 Å². The van der Waals surface area contributed by atoms with Crippen molar-refractivity contribution >= 4 is 11.8 Å². The van der Waals surface area contributed by atoms with Crippen LogP contribution < -0.4 is 10.1 Å². The second-order valence-electron chi connectivity index (χ2n) is 7.99. The first kappa shape index (κ1) is 25.4. The van der Waals surface area contributed by atoms with E-state index < -0.39 is 6.04 Å². The molecule has 2 amide bonds. The lowest BCUT2D eigenvalue weighted by atomic mass is 10.0. The molecule has 6 nitrogen and oxygen atoms in total. The summed E-state index contributed by atoms with van der Waals surface area (Å²) in [6.07, 6.45) is 1.68. The monoisotopic (exact) mass is 440 g/mol. The van der Waals surface area contributed by atoms with Crippen LogP contribution in [0.2, 0.25) is 0 Å². The summed E-state index contributed by atoms with van der Waals surface area (Å²) in [5, 5.41) is 3.01. The predicted octanol–water partition coefficient (Wildman–Crippen LogP) is 3.98. The van der Waals surface area contributed by atoms with Gasteiger partial charge in [0.1, 0.15) is 11.8 Å². The fourth-order valence-electron chi connectivity index (χ4n) is 3.41. The number of nitrogens with one attached hydrogen (secondary N) is 1. The van der Waals surface area contributed by atoms with Gasteiger partial charge < -0.3 is 19.7 Å². The maximum atomic E-state index is 13.2. The second kappa shape index (κ2) is 13.5. The van der Waals surface area contributed by atoms with Crippen LogP contribution in [-0.2, 0) is 27.3 Å². The van der Waals surface area contributed by atoms with Crippen LogP contribution in [0.5, 0.6) is 5.75 Å². The third-order valence-electron chi connectivity index (χ3n) is 5.16. The number of carbonyl (C=O) groups excluding carboxylic acids is 2. The van der Waals surface area contributed by atoms with Gasteiger partial charge in [0.05, 0.1) is 13.2 Å². The zero-order chi connectivity index (χ0) is 23.3. The Morgan fingerprint density at radius 2 is 1.69 bits per heavy atom. The molecule has 0 aliphatic rings. The molecule has 2 rings (SSSR count). The van der Waals surface area contributed by atoms with Crippen molar-refractivity contribution in [3.63, 3.8) is 0 Å². The van der Waals surface area contributed by atoms with E-state index in [9.17, 15) is 9.59 Å². The molecule has 32 heavy (non-hydrogen) atoms. The van der Waals surface area contributed by atoms with Gasteiger partial charge in [-0.1, -0.05) is 49.4 Å². The Morgan fingerprint density at radius 1 is 1.00 bits per heavy atom. The van der Waals surface area contributed by atoms with Crippen LogP contribution in [0.3, 0.4) is 0 Å². The molecule has 0 saturated heterocycles. The first-order valence-corrected chi connectivity index (χ1v) is 11.3. The minimum absolute atomic E-state index is 0.0555. The van der Waals surface area contributed by atoms with Crippen molar-refractivity contribution < 1.29 is 19.1 Å². The Bertz CT molecular complexity index is 821. The summed E-state index contributed by atoms with van der Waals surface area (Å²) in [6, 6.07) is 16.8. The van der Waals surface area contributed by atoms with Crippen molar-refractivity contribution in [2.24, 2.45) is 0 Å². The van der Waals surface area contributed by atoms with E-state index in [4.69, 9.17) is 9.47 Å². The number of carbonyl (C=O) groups is 2. The highest BCUT2D eigenvalue weighted by atomic mass is 16.5. The smallest absolute Gasteiger partial charge is 0.243 e. The molecule has 1 atom stereocenters. The zero-order valence-electron chi connectivity index (χ0n) is 19.7. The molecule has 0 unspecified atom stereocenters. The highest BCUT2D eigenvalue weighted by molar-refractivity contribution is 5.87. The number of nitrogens with zero attached hydrogens (tertiary/aromatic N) is 1. The summed E-state index contributed by atoms with van der Waals surface area (Å²) in [6.45, 7) is 7.25. The molecule has 0 fully saturated rings. The summed E-state index contributed by atoms with van der Waals surface area (Å²) in [5.74, 6) is 0.554. The normalized spacial score (nSPS) is 11.8. The van der Waals surface area contributed by atoms with Gasteiger partial charge in [-0.2, -0.15) is 0 Å². The largest absolute Gasteiger partial charge is 0.497 e. The van der Waals surface area contributed by atoms with Gasteiger partial charge in [0.15, 0.2) is 0 Å². The fourth-order valence-corrected chi connectivity index (χ4v) is 3.41. The van der Waals surface area contributed by atoms with Gasteiger partial charge in [-0.05, 0) is 43.5 Å². The van der Waals surface area contributed by atoms with E-state index in [1.165, 1.54) is 0 Å². The lowest BCUT2D eigenvalue weighted by Crippen LogP contribution is -2.50. The van der Waals surface area contributed by atoms with Gasteiger partial charge in [0.25, 0.3) is 0 Å².